The highest BCUT2D eigenvalue weighted by Crippen LogP contribution is 2.31. The van der Waals surface area contributed by atoms with Crippen molar-refractivity contribution in [2.75, 3.05) is 50.7 Å². The van der Waals surface area contributed by atoms with E-state index >= 15 is 0 Å². The summed E-state index contributed by atoms with van der Waals surface area (Å²) in [5.74, 6) is 2.50. The lowest BCUT2D eigenvalue weighted by molar-refractivity contribution is -0.119. The van der Waals surface area contributed by atoms with Gasteiger partial charge in [-0.15, -0.1) is 0 Å². The highest BCUT2D eigenvalue weighted by atomic mass is 16.1. The molecule has 0 saturated carbocycles. The number of aryl methyl sites for hydroxylation is 2. The number of hydrogen-bond acceptors (Lipinski definition) is 7. The minimum atomic E-state index is 0.0771. The summed E-state index contributed by atoms with van der Waals surface area (Å²) in [6.45, 7) is 36.5. The van der Waals surface area contributed by atoms with Gasteiger partial charge in [0.1, 0.15) is 12.1 Å². The van der Waals surface area contributed by atoms with Gasteiger partial charge in [0.25, 0.3) is 0 Å². The molecule has 7 nitrogen and oxygen atoms in total. The lowest BCUT2D eigenvalue weighted by Gasteiger charge is -2.39. The zero-order valence-corrected chi connectivity index (χ0v) is 40.5. The average molecular weight is 847 g/mol. The largest absolute Gasteiger partial charge is 0.371 e. The minimum Gasteiger partial charge on any atom is -0.371 e. The van der Waals surface area contributed by atoms with Crippen LogP contribution in [0.25, 0.3) is 5.57 Å². The van der Waals surface area contributed by atoms with Gasteiger partial charge in [-0.1, -0.05) is 96.2 Å². The molecular formula is C55H82N4O3. The first kappa shape index (κ1) is 51.9. The molecule has 0 N–H and O–H groups in total. The van der Waals surface area contributed by atoms with E-state index in [0.29, 0.717) is 17.6 Å². The maximum Gasteiger partial charge on any atom is 0.165 e. The van der Waals surface area contributed by atoms with Crippen molar-refractivity contribution < 1.29 is 14.4 Å². The Morgan fingerprint density at radius 3 is 2.03 bits per heavy atom. The fourth-order valence-corrected chi connectivity index (χ4v) is 8.10. The van der Waals surface area contributed by atoms with Gasteiger partial charge in [0.15, 0.2) is 5.78 Å². The smallest absolute Gasteiger partial charge is 0.165 e. The van der Waals surface area contributed by atoms with E-state index in [9.17, 15) is 9.59 Å². The predicted molar refractivity (Wildman–Crippen MR) is 264 cm³/mol. The SMILES string of the molecule is C=C(C)C(C)CCC(=O)CCC.C=C1C=C(N2CCC(CCN3CCN(c4ccc(C)c(C(=O)C(C)CC)c4)CC3)CC2)C=CN1/C=C(/c1ccc(C)cc1)C(C)CC.CC=O. The van der Waals surface area contributed by atoms with Crippen molar-refractivity contribution in [2.24, 2.45) is 23.7 Å². The lowest BCUT2D eigenvalue weighted by atomic mass is 9.92. The number of Topliss-reactive ketones (excluding diaryl/α,β-unsaturated/α-hetero) is 2. The molecule has 7 heteroatoms. The number of rotatable bonds is 18. The standard InChI is InChI=1S/C42H58N4O.C11H20O.C2H4O/c1-8-32(4)41(37-13-10-31(3)11-14-37)30-46-23-19-39(28-35(46)7)44-21-17-36(18-22-44)16-20-43-24-26-45(27-25-43)38-15-12-34(6)40(29-38)42(47)33(5)9-2;1-5-6-11(12)8-7-10(4)9(2)3;1-2-3/h10-15,19,23,28-30,32-33,36H,7-9,16-18,20-22,24-27H2,1-6H3;10H,2,5-8H2,1,3-4H3;2H,1H3/b41-30+;;. The molecule has 3 aliphatic heterocycles. The van der Waals surface area contributed by atoms with Gasteiger partial charge in [-0.25, -0.2) is 0 Å². The fraction of sp³-hybridized carbons (Fsp3) is 0.545. The van der Waals surface area contributed by atoms with Crippen LogP contribution in [-0.2, 0) is 9.59 Å². The number of piperazine rings is 1. The van der Waals surface area contributed by atoms with E-state index in [2.05, 4.69) is 141 Å². The Morgan fingerprint density at radius 2 is 1.47 bits per heavy atom. The zero-order chi connectivity index (χ0) is 45.8. The van der Waals surface area contributed by atoms with Crippen molar-refractivity contribution in [1.29, 1.82) is 0 Å². The van der Waals surface area contributed by atoms with E-state index in [0.717, 1.165) is 107 Å². The summed E-state index contributed by atoms with van der Waals surface area (Å²) in [4.78, 5) is 42.7. The Kier molecular flexibility index (Phi) is 22.5. The van der Waals surface area contributed by atoms with Crippen LogP contribution in [0.1, 0.15) is 140 Å². The van der Waals surface area contributed by atoms with Gasteiger partial charge in [-0.2, -0.15) is 0 Å². The van der Waals surface area contributed by atoms with Crippen molar-refractivity contribution in [3.63, 3.8) is 0 Å². The van der Waals surface area contributed by atoms with E-state index in [1.807, 2.05) is 20.8 Å². The van der Waals surface area contributed by atoms with E-state index in [1.165, 1.54) is 66.4 Å². The van der Waals surface area contributed by atoms with E-state index in [4.69, 9.17) is 4.79 Å². The second-order valence-electron chi connectivity index (χ2n) is 18.1. The normalized spacial score (nSPS) is 17.5. The predicted octanol–water partition coefficient (Wildman–Crippen LogP) is 12.6. The Labute approximate surface area is 377 Å². The monoisotopic (exact) mass is 847 g/mol. The number of anilines is 1. The number of allylic oxidation sites excluding steroid dienone is 4. The molecule has 0 aliphatic carbocycles. The fourth-order valence-electron chi connectivity index (χ4n) is 8.10. The van der Waals surface area contributed by atoms with Crippen molar-refractivity contribution in [3.8, 4) is 0 Å². The van der Waals surface area contributed by atoms with Crippen molar-refractivity contribution in [3.05, 3.63) is 119 Å². The van der Waals surface area contributed by atoms with Crippen molar-refractivity contribution in [2.45, 2.75) is 127 Å². The molecule has 3 heterocycles. The van der Waals surface area contributed by atoms with Gasteiger partial charge in [-0.05, 0) is 138 Å². The summed E-state index contributed by atoms with van der Waals surface area (Å²) < 4.78 is 0. The summed E-state index contributed by atoms with van der Waals surface area (Å²) in [5, 5.41) is 0. The summed E-state index contributed by atoms with van der Waals surface area (Å²) >= 11 is 0. The second kappa shape index (κ2) is 26.9. The van der Waals surface area contributed by atoms with Crippen LogP contribution in [0.3, 0.4) is 0 Å². The topological polar surface area (TPSA) is 64.2 Å². The molecule has 340 valence electrons. The molecule has 3 atom stereocenters. The van der Waals surface area contributed by atoms with Crippen molar-refractivity contribution >= 4 is 29.1 Å². The van der Waals surface area contributed by atoms with Gasteiger partial charge in [0, 0.05) is 93.1 Å². The molecule has 0 spiro atoms. The molecule has 3 unspecified atom stereocenters. The average Bonchev–Trinajstić information content (AvgIpc) is 3.27. The first-order chi connectivity index (χ1) is 29.6. The summed E-state index contributed by atoms with van der Waals surface area (Å²) in [6.07, 6.45) is 18.9. The lowest BCUT2D eigenvalue weighted by Crippen LogP contribution is -2.47. The van der Waals surface area contributed by atoms with E-state index in [1.54, 1.807) is 0 Å². The van der Waals surface area contributed by atoms with Crippen molar-refractivity contribution in [1.82, 2.24) is 14.7 Å². The molecule has 2 saturated heterocycles. The Balaban J connectivity index is 0.000000585. The molecule has 0 bridgehead atoms. The Hall–Kier alpha value is -4.49. The van der Waals surface area contributed by atoms with E-state index < -0.39 is 0 Å². The van der Waals surface area contributed by atoms with Crippen LogP contribution in [0.2, 0.25) is 0 Å². The number of likely N-dealkylation sites (tertiary alicyclic amines) is 1. The minimum absolute atomic E-state index is 0.0771. The van der Waals surface area contributed by atoms with Crippen LogP contribution in [0.15, 0.2) is 97.1 Å². The molecule has 2 aromatic carbocycles. The van der Waals surface area contributed by atoms with E-state index in [-0.39, 0.29) is 11.7 Å². The molecule has 3 aliphatic rings. The quantitative estimate of drug-likeness (QED) is 0.0841. The van der Waals surface area contributed by atoms with Crippen LogP contribution in [0, 0.1) is 37.5 Å². The highest BCUT2D eigenvalue weighted by Gasteiger charge is 2.25. The van der Waals surface area contributed by atoms with Gasteiger partial charge < -0.3 is 19.5 Å². The molecule has 2 fully saturated rings. The van der Waals surface area contributed by atoms with Gasteiger partial charge in [-0.3, -0.25) is 14.5 Å². The molecule has 0 aromatic heterocycles. The van der Waals surface area contributed by atoms with Crippen LogP contribution < -0.4 is 4.90 Å². The number of carbonyl (C=O) groups excluding carboxylic acids is 3. The second-order valence-corrected chi connectivity index (χ2v) is 18.1. The van der Waals surface area contributed by atoms with Crippen LogP contribution in [0.4, 0.5) is 5.69 Å². The number of benzene rings is 2. The maximum atomic E-state index is 12.9. The summed E-state index contributed by atoms with van der Waals surface area (Å²) in [7, 11) is 0. The third-order valence-electron chi connectivity index (χ3n) is 13.2. The number of hydrogen-bond donors (Lipinski definition) is 0. The Bertz CT molecular complexity index is 1840. The number of aldehydes is 1. The van der Waals surface area contributed by atoms with Gasteiger partial charge in [0.05, 0.1) is 0 Å². The molecule has 0 radical (unpaired) electrons. The number of piperidine rings is 1. The molecule has 2 aromatic rings. The first-order valence-corrected chi connectivity index (χ1v) is 23.8. The van der Waals surface area contributed by atoms with Crippen LogP contribution in [-0.4, -0.2) is 78.4 Å². The number of carbonyl (C=O) groups is 3. The summed E-state index contributed by atoms with van der Waals surface area (Å²) in [6, 6.07) is 15.4. The molecule has 0 amide bonds. The number of ketones is 2. The maximum absolute atomic E-state index is 12.9. The highest BCUT2D eigenvalue weighted by molar-refractivity contribution is 5.99. The number of nitrogens with zero attached hydrogens (tertiary/aromatic N) is 4. The third-order valence-corrected chi connectivity index (χ3v) is 13.2. The third kappa shape index (κ3) is 16.3. The first-order valence-electron chi connectivity index (χ1n) is 23.8. The van der Waals surface area contributed by atoms with Gasteiger partial charge >= 0.3 is 0 Å². The molecule has 5 rings (SSSR count). The van der Waals surface area contributed by atoms with Gasteiger partial charge in [0.2, 0.25) is 0 Å². The van der Waals surface area contributed by atoms with Crippen LogP contribution >= 0.6 is 0 Å². The Morgan fingerprint density at radius 1 is 0.839 bits per heavy atom. The summed E-state index contributed by atoms with van der Waals surface area (Å²) in [5.41, 5.74) is 10.6. The zero-order valence-electron chi connectivity index (χ0n) is 40.5. The van der Waals surface area contributed by atoms with Crippen LogP contribution in [0.5, 0.6) is 0 Å². The molecular weight excluding hydrogens is 765 g/mol. The molecule has 62 heavy (non-hydrogen) atoms.